The van der Waals surface area contributed by atoms with Crippen molar-refractivity contribution >= 4 is 16.0 Å². The fourth-order valence-corrected chi connectivity index (χ4v) is 5.41. The lowest BCUT2D eigenvalue weighted by Crippen LogP contribution is -2.40. The number of hydrogen-bond donors (Lipinski definition) is 2. The molecule has 29 heavy (non-hydrogen) atoms. The number of ether oxygens (including phenoxy) is 1. The number of furan rings is 1. The van der Waals surface area contributed by atoms with Crippen molar-refractivity contribution in [3.63, 3.8) is 0 Å². The third kappa shape index (κ3) is 4.73. The summed E-state index contributed by atoms with van der Waals surface area (Å²) in [6.45, 7) is 7.17. The van der Waals surface area contributed by atoms with Crippen LogP contribution in [0.1, 0.15) is 59.7 Å². The molecular weight excluding hydrogens is 394 g/mol. The van der Waals surface area contributed by atoms with Crippen LogP contribution in [0.5, 0.6) is 0 Å². The number of aryl methyl sites for hydroxylation is 1. The first-order valence-electron chi connectivity index (χ1n) is 9.98. The van der Waals surface area contributed by atoms with Crippen molar-refractivity contribution in [1.82, 2.24) is 14.6 Å². The molecule has 1 unspecified atom stereocenters. The molecule has 160 valence electrons. The number of sulfonamides is 1. The number of nitrogens with one attached hydrogen (secondary N) is 2. The van der Waals surface area contributed by atoms with Crippen molar-refractivity contribution < 1.29 is 22.4 Å². The van der Waals surface area contributed by atoms with Crippen LogP contribution >= 0.6 is 0 Å². The maximum Gasteiger partial charge on any atom is 0.355 e. The molecule has 2 aromatic rings. The number of carbonyl (C=O) groups is 1. The van der Waals surface area contributed by atoms with Gasteiger partial charge >= 0.3 is 5.97 Å². The Morgan fingerprint density at radius 3 is 2.66 bits per heavy atom. The van der Waals surface area contributed by atoms with Crippen molar-refractivity contribution in [2.45, 2.75) is 51.0 Å². The van der Waals surface area contributed by atoms with Gasteiger partial charge in [0.05, 0.1) is 18.9 Å². The van der Waals surface area contributed by atoms with E-state index in [1.54, 1.807) is 27.0 Å². The fourth-order valence-electron chi connectivity index (χ4n) is 3.92. The molecule has 1 saturated heterocycles. The Kier molecular flexibility index (Phi) is 6.81. The molecule has 1 fully saturated rings. The topological polar surface area (TPSA) is 105 Å². The highest BCUT2D eigenvalue weighted by atomic mass is 32.2. The van der Waals surface area contributed by atoms with Crippen LogP contribution in [0.15, 0.2) is 27.7 Å². The van der Waals surface area contributed by atoms with E-state index in [0.717, 1.165) is 31.7 Å². The third-order valence-corrected chi connectivity index (χ3v) is 6.98. The normalized spacial score (nSPS) is 16.7. The second-order valence-electron chi connectivity index (χ2n) is 7.28. The molecule has 3 heterocycles. The summed E-state index contributed by atoms with van der Waals surface area (Å²) in [5.74, 6) is 0.181. The quantitative estimate of drug-likeness (QED) is 0.633. The van der Waals surface area contributed by atoms with Gasteiger partial charge in [-0.1, -0.05) is 6.42 Å². The van der Waals surface area contributed by atoms with E-state index < -0.39 is 16.0 Å². The molecule has 1 aliphatic rings. The van der Waals surface area contributed by atoms with Gasteiger partial charge in [-0.3, -0.25) is 4.90 Å². The number of esters is 1. The summed E-state index contributed by atoms with van der Waals surface area (Å²) in [5, 5.41) is 0. The molecule has 8 nitrogen and oxygen atoms in total. The number of likely N-dealkylation sites (tertiary alicyclic amines) is 1. The van der Waals surface area contributed by atoms with Gasteiger partial charge in [0.2, 0.25) is 10.0 Å². The van der Waals surface area contributed by atoms with Crippen LogP contribution in [0.2, 0.25) is 0 Å². The van der Waals surface area contributed by atoms with Crippen LogP contribution in [0.3, 0.4) is 0 Å². The monoisotopic (exact) mass is 423 g/mol. The SMILES string of the molecule is CCOC(=O)c1[nH]c(C)c(S(=O)(=O)NCC(c2ccco2)N2CCCCC2)c1C. The van der Waals surface area contributed by atoms with E-state index >= 15 is 0 Å². The molecule has 0 saturated carbocycles. The fraction of sp³-hybridized carbons (Fsp3) is 0.550. The molecule has 2 N–H and O–H groups in total. The molecule has 9 heteroatoms. The molecule has 0 aromatic carbocycles. The van der Waals surface area contributed by atoms with Crippen molar-refractivity contribution in [3.8, 4) is 0 Å². The molecule has 0 spiro atoms. The molecule has 2 aromatic heterocycles. The van der Waals surface area contributed by atoms with Crippen LogP contribution in [0, 0.1) is 13.8 Å². The number of rotatable bonds is 8. The van der Waals surface area contributed by atoms with E-state index in [1.165, 1.54) is 6.42 Å². The highest BCUT2D eigenvalue weighted by molar-refractivity contribution is 7.89. The average Bonchev–Trinajstić information content (AvgIpc) is 3.31. The summed E-state index contributed by atoms with van der Waals surface area (Å²) in [6.07, 6.45) is 4.96. The summed E-state index contributed by atoms with van der Waals surface area (Å²) in [7, 11) is -3.83. The first-order valence-corrected chi connectivity index (χ1v) is 11.5. The lowest BCUT2D eigenvalue weighted by molar-refractivity contribution is 0.0519. The standard InChI is InChI=1S/C20H29N3O5S/c1-4-27-20(24)18-14(2)19(15(3)22-18)29(25,26)21-13-16(17-9-8-12-28-17)23-10-6-5-7-11-23/h8-9,12,16,21-22H,4-7,10-11,13H2,1-3H3. The van der Waals surface area contributed by atoms with Gasteiger partial charge in [-0.15, -0.1) is 0 Å². The van der Waals surface area contributed by atoms with Gasteiger partial charge in [-0.05, 0) is 58.8 Å². The van der Waals surface area contributed by atoms with E-state index in [-0.39, 0.29) is 29.8 Å². The Hall–Kier alpha value is -2.10. The number of nitrogens with zero attached hydrogens (tertiary/aromatic N) is 1. The van der Waals surface area contributed by atoms with Crippen LogP contribution in [-0.2, 0) is 14.8 Å². The lowest BCUT2D eigenvalue weighted by atomic mass is 10.1. The summed E-state index contributed by atoms with van der Waals surface area (Å²) in [5.41, 5.74) is 0.940. The number of aromatic nitrogens is 1. The minimum absolute atomic E-state index is 0.0948. The predicted molar refractivity (Wildman–Crippen MR) is 108 cm³/mol. The van der Waals surface area contributed by atoms with Crippen LogP contribution in [0.25, 0.3) is 0 Å². The zero-order chi connectivity index (χ0) is 21.0. The second-order valence-corrected chi connectivity index (χ2v) is 8.98. The van der Waals surface area contributed by atoms with Gasteiger partial charge in [0.15, 0.2) is 0 Å². The van der Waals surface area contributed by atoms with Crippen LogP contribution in [-0.4, -0.2) is 50.5 Å². The highest BCUT2D eigenvalue weighted by Crippen LogP contribution is 2.27. The molecule has 3 rings (SSSR count). The van der Waals surface area contributed by atoms with Crippen molar-refractivity contribution in [1.29, 1.82) is 0 Å². The van der Waals surface area contributed by atoms with E-state index in [2.05, 4.69) is 14.6 Å². The second kappa shape index (κ2) is 9.15. The third-order valence-electron chi connectivity index (χ3n) is 5.29. The van der Waals surface area contributed by atoms with Gasteiger partial charge < -0.3 is 14.1 Å². The minimum atomic E-state index is -3.83. The number of carbonyl (C=O) groups excluding carboxylic acids is 1. The number of H-pyrrole nitrogens is 1. The van der Waals surface area contributed by atoms with Crippen molar-refractivity contribution in [3.05, 3.63) is 41.1 Å². The Morgan fingerprint density at radius 1 is 1.31 bits per heavy atom. The van der Waals surface area contributed by atoms with Crippen LogP contribution < -0.4 is 4.72 Å². The molecule has 0 radical (unpaired) electrons. The van der Waals surface area contributed by atoms with Crippen LogP contribution in [0.4, 0.5) is 0 Å². The Bertz CT molecular complexity index is 928. The van der Waals surface area contributed by atoms with Crippen molar-refractivity contribution in [2.24, 2.45) is 0 Å². The molecule has 1 aliphatic heterocycles. The maximum atomic E-state index is 13.1. The predicted octanol–water partition coefficient (Wildman–Crippen LogP) is 2.91. The molecule has 0 bridgehead atoms. The van der Waals surface area contributed by atoms with Gasteiger partial charge in [0, 0.05) is 17.8 Å². The first kappa shape index (κ1) is 21.6. The van der Waals surface area contributed by atoms with E-state index in [9.17, 15) is 13.2 Å². The van der Waals surface area contributed by atoms with E-state index in [1.807, 2.05) is 12.1 Å². The van der Waals surface area contributed by atoms with E-state index in [4.69, 9.17) is 9.15 Å². The first-order chi connectivity index (χ1) is 13.8. The zero-order valence-electron chi connectivity index (χ0n) is 17.2. The molecule has 0 aliphatic carbocycles. The lowest BCUT2D eigenvalue weighted by Gasteiger charge is -2.33. The minimum Gasteiger partial charge on any atom is -0.468 e. The van der Waals surface area contributed by atoms with Gasteiger partial charge in [-0.25, -0.2) is 17.9 Å². The van der Waals surface area contributed by atoms with Crippen molar-refractivity contribution in [2.75, 3.05) is 26.2 Å². The summed E-state index contributed by atoms with van der Waals surface area (Å²) in [6, 6.07) is 3.51. The van der Waals surface area contributed by atoms with E-state index in [0.29, 0.717) is 11.3 Å². The summed E-state index contributed by atoms with van der Waals surface area (Å²) in [4.78, 5) is 17.3. The Labute approximate surface area is 171 Å². The summed E-state index contributed by atoms with van der Waals surface area (Å²) < 4.78 is 39.5. The highest BCUT2D eigenvalue weighted by Gasteiger charge is 2.30. The molecular formula is C20H29N3O5S. The number of aromatic amines is 1. The van der Waals surface area contributed by atoms with Gasteiger partial charge in [0.25, 0.3) is 0 Å². The Morgan fingerprint density at radius 2 is 2.03 bits per heavy atom. The smallest absolute Gasteiger partial charge is 0.355 e. The summed E-state index contributed by atoms with van der Waals surface area (Å²) >= 11 is 0. The number of piperidine rings is 1. The largest absolute Gasteiger partial charge is 0.468 e. The molecule has 1 atom stereocenters. The van der Waals surface area contributed by atoms with Gasteiger partial charge in [0.1, 0.15) is 16.3 Å². The molecule has 0 amide bonds. The Balaban J connectivity index is 1.82. The average molecular weight is 424 g/mol. The number of hydrogen-bond acceptors (Lipinski definition) is 6. The zero-order valence-corrected chi connectivity index (χ0v) is 18.0. The maximum absolute atomic E-state index is 13.1. The van der Waals surface area contributed by atoms with Gasteiger partial charge in [-0.2, -0.15) is 0 Å².